The molecule has 0 fully saturated rings. The molecule has 4 aromatic carbocycles. The van der Waals surface area contributed by atoms with Crippen molar-refractivity contribution in [2.75, 3.05) is 19.1 Å². The van der Waals surface area contributed by atoms with Crippen molar-refractivity contribution in [2.24, 2.45) is 0 Å². The van der Waals surface area contributed by atoms with Crippen LogP contribution in [0.5, 0.6) is 11.5 Å². The summed E-state index contributed by atoms with van der Waals surface area (Å²) in [4.78, 5) is 2.25. The first-order chi connectivity index (χ1) is 14.3. The maximum absolute atomic E-state index is 5.35. The summed E-state index contributed by atoms with van der Waals surface area (Å²) >= 11 is 0. The minimum absolute atomic E-state index is 0.833. The van der Waals surface area contributed by atoms with E-state index >= 15 is 0 Å². The molecule has 0 amide bonds. The second-order valence-corrected chi connectivity index (χ2v) is 6.61. The van der Waals surface area contributed by atoms with Gasteiger partial charge in [0.05, 0.1) is 19.9 Å². The molecule has 0 spiro atoms. The lowest BCUT2D eigenvalue weighted by molar-refractivity contribution is 0.415. The van der Waals surface area contributed by atoms with Gasteiger partial charge in [-0.05, 0) is 60.2 Å². The topological polar surface area (TPSA) is 21.7 Å². The van der Waals surface area contributed by atoms with Gasteiger partial charge in [0.15, 0.2) is 0 Å². The minimum Gasteiger partial charge on any atom is -0.497 e. The van der Waals surface area contributed by atoms with Crippen molar-refractivity contribution in [3.63, 3.8) is 0 Å². The van der Waals surface area contributed by atoms with E-state index in [1.807, 2.05) is 30.3 Å². The summed E-state index contributed by atoms with van der Waals surface area (Å²) < 4.78 is 10.7. The molecule has 0 unspecified atom stereocenters. The first kappa shape index (κ1) is 18.6. The SMILES string of the molecule is COc1ccc(N(c2ccc(OC)cc2)c2ccccc2-c2ccccc2)cc1. The molecule has 4 rings (SSSR count). The van der Waals surface area contributed by atoms with Crippen LogP contribution < -0.4 is 14.4 Å². The van der Waals surface area contributed by atoms with Crippen molar-refractivity contribution in [1.29, 1.82) is 0 Å². The molecule has 0 saturated carbocycles. The standard InChI is InChI=1S/C26H23NO2/c1-28-23-16-12-21(13-17-23)27(22-14-18-24(29-2)19-15-22)26-11-7-6-10-25(26)20-8-4-3-5-9-20/h3-19H,1-2H3. The number of rotatable bonds is 6. The van der Waals surface area contributed by atoms with E-state index < -0.39 is 0 Å². The molecule has 0 radical (unpaired) electrons. The fourth-order valence-corrected chi connectivity index (χ4v) is 3.42. The summed E-state index contributed by atoms with van der Waals surface area (Å²) in [6, 6.07) is 35.1. The first-order valence-electron chi connectivity index (χ1n) is 9.53. The zero-order valence-electron chi connectivity index (χ0n) is 16.6. The minimum atomic E-state index is 0.833. The van der Waals surface area contributed by atoms with E-state index in [-0.39, 0.29) is 0 Å². The van der Waals surface area contributed by atoms with Crippen LogP contribution in [0, 0.1) is 0 Å². The molecular formula is C26H23NO2. The van der Waals surface area contributed by atoms with E-state index in [1.54, 1.807) is 14.2 Å². The van der Waals surface area contributed by atoms with E-state index in [9.17, 15) is 0 Å². The third-order valence-corrected chi connectivity index (χ3v) is 4.89. The number of hydrogen-bond donors (Lipinski definition) is 0. The normalized spacial score (nSPS) is 10.4. The fourth-order valence-electron chi connectivity index (χ4n) is 3.42. The molecule has 29 heavy (non-hydrogen) atoms. The number of benzene rings is 4. The predicted molar refractivity (Wildman–Crippen MR) is 120 cm³/mol. The second kappa shape index (κ2) is 8.53. The fraction of sp³-hybridized carbons (Fsp3) is 0.0769. The van der Waals surface area contributed by atoms with Crippen LogP contribution in [-0.2, 0) is 0 Å². The van der Waals surface area contributed by atoms with Gasteiger partial charge in [0.25, 0.3) is 0 Å². The van der Waals surface area contributed by atoms with Crippen LogP contribution in [0.2, 0.25) is 0 Å². The third-order valence-electron chi connectivity index (χ3n) is 4.89. The van der Waals surface area contributed by atoms with E-state index in [4.69, 9.17) is 9.47 Å². The molecule has 0 aromatic heterocycles. The maximum Gasteiger partial charge on any atom is 0.119 e. The third kappa shape index (κ3) is 3.94. The van der Waals surface area contributed by atoms with Gasteiger partial charge in [-0.2, -0.15) is 0 Å². The van der Waals surface area contributed by atoms with Crippen LogP contribution in [0.4, 0.5) is 17.1 Å². The molecule has 0 bridgehead atoms. The van der Waals surface area contributed by atoms with Crippen LogP contribution in [0.1, 0.15) is 0 Å². The van der Waals surface area contributed by atoms with Crippen LogP contribution in [0.15, 0.2) is 103 Å². The van der Waals surface area contributed by atoms with Crippen molar-refractivity contribution < 1.29 is 9.47 Å². The number of methoxy groups -OCH3 is 2. The summed E-state index contributed by atoms with van der Waals surface area (Å²) in [7, 11) is 3.36. The van der Waals surface area contributed by atoms with Gasteiger partial charge in [-0.15, -0.1) is 0 Å². The molecule has 3 nitrogen and oxygen atoms in total. The van der Waals surface area contributed by atoms with Gasteiger partial charge in [0, 0.05) is 16.9 Å². The highest BCUT2D eigenvalue weighted by atomic mass is 16.5. The highest BCUT2D eigenvalue weighted by Gasteiger charge is 2.17. The summed E-state index contributed by atoms with van der Waals surface area (Å²) in [6.07, 6.45) is 0. The van der Waals surface area contributed by atoms with E-state index in [1.165, 1.54) is 11.1 Å². The average Bonchev–Trinajstić information content (AvgIpc) is 2.81. The largest absolute Gasteiger partial charge is 0.497 e. The monoisotopic (exact) mass is 381 g/mol. The van der Waals surface area contributed by atoms with Gasteiger partial charge < -0.3 is 14.4 Å². The average molecular weight is 381 g/mol. The zero-order valence-corrected chi connectivity index (χ0v) is 16.6. The highest BCUT2D eigenvalue weighted by molar-refractivity contribution is 5.88. The van der Waals surface area contributed by atoms with Gasteiger partial charge >= 0.3 is 0 Å². The highest BCUT2D eigenvalue weighted by Crippen LogP contribution is 2.41. The summed E-state index contributed by atoms with van der Waals surface area (Å²) in [5.74, 6) is 1.67. The van der Waals surface area contributed by atoms with E-state index in [0.717, 1.165) is 28.6 Å². The number of para-hydroxylation sites is 1. The summed E-state index contributed by atoms with van der Waals surface area (Å²) in [6.45, 7) is 0. The van der Waals surface area contributed by atoms with Crippen molar-refractivity contribution >= 4 is 17.1 Å². The Hall–Kier alpha value is -3.72. The lowest BCUT2D eigenvalue weighted by Gasteiger charge is -2.28. The van der Waals surface area contributed by atoms with Crippen molar-refractivity contribution in [3.05, 3.63) is 103 Å². The van der Waals surface area contributed by atoms with Crippen molar-refractivity contribution in [3.8, 4) is 22.6 Å². The van der Waals surface area contributed by atoms with Gasteiger partial charge in [0.2, 0.25) is 0 Å². The smallest absolute Gasteiger partial charge is 0.119 e. The maximum atomic E-state index is 5.35. The molecule has 144 valence electrons. The predicted octanol–water partition coefficient (Wildman–Crippen LogP) is 6.84. The van der Waals surface area contributed by atoms with E-state index in [0.29, 0.717) is 0 Å². The lowest BCUT2D eigenvalue weighted by Crippen LogP contribution is -2.11. The van der Waals surface area contributed by atoms with Crippen molar-refractivity contribution in [2.45, 2.75) is 0 Å². The Morgan fingerprint density at radius 2 is 1.00 bits per heavy atom. The molecule has 0 heterocycles. The van der Waals surface area contributed by atoms with Crippen LogP contribution in [0.3, 0.4) is 0 Å². The molecule has 3 heteroatoms. The quantitative estimate of drug-likeness (QED) is 0.365. The molecule has 0 aliphatic carbocycles. The Labute approximate surface area is 171 Å². The molecule has 0 aliphatic rings. The number of anilines is 3. The molecule has 0 aliphatic heterocycles. The van der Waals surface area contributed by atoms with Crippen molar-refractivity contribution in [1.82, 2.24) is 0 Å². The molecule has 0 N–H and O–H groups in total. The van der Waals surface area contributed by atoms with Gasteiger partial charge in [0.1, 0.15) is 11.5 Å². The van der Waals surface area contributed by atoms with Gasteiger partial charge in [-0.3, -0.25) is 0 Å². The molecule has 0 saturated heterocycles. The van der Waals surface area contributed by atoms with Crippen LogP contribution >= 0.6 is 0 Å². The summed E-state index contributed by atoms with van der Waals surface area (Å²) in [5, 5.41) is 0. The Morgan fingerprint density at radius 1 is 0.517 bits per heavy atom. The Kier molecular flexibility index (Phi) is 5.48. The molecule has 0 atom stereocenters. The van der Waals surface area contributed by atoms with Crippen LogP contribution in [-0.4, -0.2) is 14.2 Å². The number of nitrogens with zero attached hydrogens (tertiary/aromatic N) is 1. The number of hydrogen-bond acceptors (Lipinski definition) is 3. The molecular weight excluding hydrogens is 358 g/mol. The first-order valence-corrected chi connectivity index (χ1v) is 9.53. The van der Waals surface area contributed by atoms with Gasteiger partial charge in [-0.1, -0.05) is 48.5 Å². The summed E-state index contributed by atoms with van der Waals surface area (Å²) in [5.41, 5.74) is 5.56. The zero-order chi connectivity index (χ0) is 20.1. The number of ether oxygens (including phenoxy) is 2. The second-order valence-electron chi connectivity index (χ2n) is 6.61. The Bertz CT molecular complexity index is 1010. The Balaban J connectivity index is 1.88. The van der Waals surface area contributed by atoms with Crippen LogP contribution in [0.25, 0.3) is 11.1 Å². The molecule has 4 aromatic rings. The van der Waals surface area contributed by atoms with E-state index in [2.05, 4.69) is 77.7 Å². The lowest BCUT2D eigenvalue weighted by atomic mass is 10.0. The Morgan fingerprint density at radius 3 is 1.52 bits per heavy atom. The van der Waals surface area contributed by atoms with Gasteiger partial charge in [-0.25, -0.2) is 0 Å².